The maximum Gasteiger partial charge on any atom is 0.494 e. The van der Waals surface area contributed by atoms with Crippen LogP contribution in [0.2, 0.25) is 0 Å². The standard InChI is InChI=1S/C21H32BNO5/c1-20(2,3)28-19(24)23-11-7-10-18(13-23)27-17-9-6-8-16(12-17)22-25-14-21(4,5)15-26-22/h6,8-9,12,18H,7,10-11,13-15H2,1-5H3. The lowest BCUT2D eigenvalue weighted by Gasteiger charge is -2.34. The van der Waals surface area contributed by atoms with Gasteiger partial charge in [0.1, 0.15) is 17.5 Å². The van der Waals surface area contributed by atoms with Gasteiger partial charge in [-0.2, -0.15) is 0 Å². The quantitative estimate of drug-likeness (QED) is 0.743. The van der Waals surface area contributed by atoms with Crippen LogP contribution in [-0.2, 0) is 14.0 Å². The molecule has 1 atom stereocenters. The fraction of sp³-hybridized carbons (Fsp3) is 0.667. The zero-order valence-corrected chi connectivity index (χ0v) is 17.7. The summed E-state index contributed by atoms with van der Waals surface area (Å²) in [5.41, 5.74) is 0.499. The Morgan fingerprint density at radius 3 is 2.64 bits per heavy atom. The second-order valence-electron chi connectivity index (χ2n) is 9.50. The number of rotatable bonds is 3. The van der Waals surface area contributed by atoms with Crippen LogP contribution in [0.15, 0.2) is 24.3 Å². The van der Waals surface area contributed by atoms with Crippen LogP contribution in [0.25, 0.3) is 0 Å². The van der Waals surface area contributed by atoms with Gasteiger partial charge in [0.05, 0.1) is 6.54 Å². The average Bonchev–Trinajstić information content (AvgIpc) is 2.61. The largest absolute Gasteiger partial charge is 0.494 e. The van der Waals surface area contributed by atoms with E-state index in [-0.39, 0.29) is 24.7 Å². The molecule has 7 heteroatoms. The molecule has 0 bridgehead atoms. The summed E-state index contributed by atoms with van der Waals surface area (Å²) in [5, 5.41) is 0. The van der Waals surface area contributed by atoms with Crippen LogP contribution in [0.1, 0.15) is 47.5 Å². The Bertz CT molecular complexity index is 678. The molecule has 2 saturated heterocycles. The predicted octanol–water partition coefficient (Wildman–Crippen LogP) is 3.23. The summed E-state index contributed by atoms with van der Waals surface area (Å²) in [6, 6.07) is 7.84. The van der Waals surface area contributed by atoms with Crippen molar-refractivity contribution in [3.8, 4) is 5.75 Å². The molecular weight excluding hydrogens is 357 g/mol. The van der Waals surface area contributed by atoms with Crippen molar-refractivity contribution in [2.24, 2.45) is 5.41 Å². The van der Waals surface area contributed by atoms with Gasteiger partial charge in [0, 0.05) is 25.2 Å². The first kappa shape index (κ1) is 21.0. The molecule has 0 aliphatic carbocycles. The van der Waals surface area contributed by atoms with Crippen molar-refractivity contribution >= 4 is 18.7 Å². The molecule has 1 aromatic rings. The fourth-order valence-corrected chi connectivity index (χ4v) is 3.34. The van der Waals surface area contributed by atoms with E-state index in [1.54, 1.807) is 4.90 Å². The van der Waals surface area contributed by atoms with E-state index in [1.165, 1.54) is 0 Å². The molecule has 1 aromatic carbocycles. The highest BCUT2D eigenvalue weighted by molar-refractivity contribution is 6.61. The Kier molecular flexibility index (Phi) is 6.25. The van der Waals surface area contributed by atoms with Crippen LogP contribution in [0, 0.1) is 5.41 Å². The van der Waals surface area contributed by atoms with E-state index < -0.39 is 5.60 Å². The Morgan fingerprint density at radius 1 is 1.25 bits per heavy atom. The van der Waals surface area contributed by atoms with Crippen molar-refractivity contribution in [2.75, 3.05) is 26.3 Å². The van der Waals surface area contributed by atoms with E-state index >= 15 is 0 Å². The molecule has 3 rings (SSSR count). The number of piperidine rings is 1. The van der Waals surface area contributed by atoms with Gasteiger partial charge < -0.3 is 23.7 Å². The second kappa shape index (κ2) is 8.33. The predicted molar refractivity (Wildman–Crippen MR) is 109 cm³/mol. The van der Waals surface area contributed by atoms with E-state index in [0.717, 1.165) is 24.1 Å². The third-order valence-electron chi connectivity index (χ3n) is 4.71. The molecule has 2 heterocycles. The molecule has 0 N–H and O–H groups in total. The minimum absolute atomic E-state index is 0.0395. The first-order valence-corrected chi connectivity index (χ1v) is 10.1. The number of hydrogen-bond acceptors (Lipinski definition) is 5. The van der Waals surface area contributed by atoms with Gasteiger partial charge in [-0.05, 0) is 51.2 Å². The van der Waals surface area contributed by atoms with Gasteiger partial charge in [-0.15, -0.1) is 0 Å². The van der Waals surface area contributed by atoms with E-state index in [2.05, 4.69) is 13.8 Å². The minimum atomic E-state index is -0.492. The zero-order chi connectivity index (χ0) is 20.4. The van der Waals surface area contributed by atoms with Crippen molar-refractivity contribution in [3.05, 3.63) is 24.3 Å². The summed E-state index contributed by atoms with van der Waals surface area (Å²) in [6.07, 6.45) is 1.48. The van der Waals surface area contributed by atoms with E-state index in [0.29, 0.717) is 26.3 Å². The van der Waals surface area contributed by atoms with Crippen molar-refractivity contribution in [1.82, 2.24) is 4.90 Å². The molecule has 1 amide bonds. The second-order valence-corrected chi connectivity index (χ2v) is 9.50. The van der Waals surface area contributed by atoms with Crippen molar-refractivity contribution in [2.45, 2.75) is 59.2 Å². The number of ether oxygens (including phenoxy) is 2. The fourth-order valence-electron chi connectivity index (χ4n) is 3.34. The molecule has 0 spiro atoms. The Hall–Kier alpha value is -1.73. The summed E-state index contributed by atoms with van der Waals surface area (Å²) >= 11 is 0. The smallest absolute Gasteiger partial charge is 0.489 e. The van der Waals surface area contributed by atoms with Crippen LogP contribution >= 0.6 is 0 Å². The molecule has 1 unspecified atom stereocenters. The van der Waals surface area contributed by atoms with Crippen LogP contribution in [0.4, 0.5) is 4.79 Å². The van der Waals surface area contributed by atoms with Crippen molar-refractivity contribution in [1.29, 1.82) is 0 Å². The Balaban J connectivity index is 1.58. The third kappa shape index (κ3) is 5.88. The summed E-state index contributed by atoms with van der Waals surface area (Å²) in [6.45, 7) is 12.5. The molecule has 2 fully saturated rings. The SMILES string of the molecule is CC1(C)COB(c2cccc(OC3CCCN(C(=O)OC(C)(C)C)C3)c2)OC1. The van der Waals surface area contributed by atoms with E-state index in [1.807, 2.05) is 45.0 Å². The molecule has 0 saturated carbocycles. The molecule has 2 aliphatic rings. The topological polar surface area (TPSA) is 57.2 Å². The monoisotopic (exact) mass is 389 g/mol. The first-order valence-electron chi connectivity index (χ1n) is 10.1. The van der Waals surface area contributed by atoms with Crippen LogP contribution in [-0.4, -0.2) is 56.1 Å². The van der Waals surface area contributed by atoms with Gasteiger partial charge in [-0.3, -0.25) is 0 Å². The summed E-state index contributed by atoms with van der Waals surface area (Å²) in [7, 11) is -0.360. The van der Waals surface area contributed by atoms with E-state index in [4.69, 9.17) is 18.8 Å². The Morgan fingerprint density at radius 2 is 1.96 bits per heavy atom. The van der Waals surface area contributed by atoms with Gasteiger partial charge in [-0.25, -0.2) is 4.79 Å². The molecule has 2 aliphatic heterocycles. The van der Waals surface area contributed by atoms with Gasteiger partial charge in [0.2, 0.25) is 0 Å². The van der Waals surface area contributed by atoms with Crippen LogP contribution in [0.3, 0.4) is 0 Å². The number of benzene rings is 1. The van der Waals surface area contributed by atoms with Crippen molar-refractivity contribution in [3.63, 3.8) is 0 Å². The molecule has 28 heavy (non-hydrogen) atoms. The number of hydrogen-bond donors (Lipinski definition) is 0. The normalized spacial score (nSPS) is 22.7. The van der Waals surface area contributed by atoms with Gasteiger partial charge in [-0.1, -0.05) is 26.0 Å². The van der Waals surface area contributed by atoms with Crippen molar-refractivity contribution < 1.29 is 23.6 Å². The van der Waals surface area contributed by atoms with Gasteiger partial charge in [0.15, 0.2) is 0 Å². The van der Waals surface area contributed by atoms with Crippen LogP contribution in [0.5, 0.6) is 5.75 Å². The summed E-state index contributed by atoms with van der Waals surface area (Å²) in [5.74, 6) is 0.769. The molecule has 154 valence electrons. The maximum atomic E-state index is 12.3. The molecule has 0 aromatic heterocycles. The Labute approximate surface area is 168 Å². The first-order chi connectivity index (χ1) is 13.1. The minimum Gasteiger partial charge on any atom is -0.489 e. The summed E-state index contributed by atoms with van der Waals surface area (Å²) < 4.78 is 23.4. The number of likely N-dealkylation sites (tertiary alicyclic amines) is 1. The molecule has 6 nitrogen and oxygen atoms in total. The molecular formula is C21H32BNO5. The highest BCUT2D eigenvalue weighted by atomic mass is 16.6. The number of nitrogens with zero attached hydrogens (tertiary/aromatic N) is 1. The highest BCUT2D eigenvalue weighted by Gasteiger charge is 2.34. The zero-order valence-electron chi connectivity index (χ0n) is 17.7. The van der Waals surface area contributed by atoms with Gasteiger partial charge in [0.25, 0.3) is 0 Å². The number of carbonyl (C=O) groups is 1. The van der Waals surface area contributed by atoms with Gasteiger partial charge >= 0.3 is 13.2 Å². The lowest BCUT2D eigenvalue weighted by atomic mass is 9.76. The maximum absolute atomic E-state index is 12.3. The van der Waals surface area contributed by atoms with Crippen LogP contribution < -0.4 is 10.2 Å². The van der Waals surface area contributed by atoms with E-state index in [9.17, 15) is 4.79 Å². The highest BCUT2D eigenvalue weighted by Crippen LogP contribution is 2.23. The summed E-state index contributed by atoms with van der Waals surface area (Å²) in [4.78, 5) is 14.1. The average molecular weight is 389 g/mol. The lowest BCUT2D eigenvalue weighted by molar-refractivity contribution is 0.00776. The number of amides is 1. The number of carbonyl (C=O) groups excluding carboxylic acids is 1. The molecule has 0 radical (unpaired) electrons. The lowest BCUT2D eigenvalue weighted by Crippen LogP contribution is -2.47. The third-order valence-corrected chi connectivity index (χ3v) is 4.71.